The molecule has 2 aromatic carbocycles. The highest BCUT2D eigenvalue weighted by atomic mass is 35.5. The average Bonchev–Trinajstić information content (AvgIpc) is 2.83. The Hall–Kier alpha value is -2.37. The Morgan fingerprint density at radius 1 is 1.08 bits per heavy atom. The van der Waals surface area contributed by atoms with Gasteiger partial charge in [0.05, 0.1) is 26.9 Å². The van der Waals surface area contributed by atoms with Crippen molar-refractivity contribution in [3.8, 4) is 0 Å². The summed E-state index contributed by atoms with van der Waals surface area (Å²) in [7, 11) is 0. The molecule has 1 heterocycles. The van der Waals surface area contributed by atoms with Crippen LogP contribution in [0.2, 0.25) is 10.0 Å². The van der Waals surface area contributed by atoms with Crippen LogP contribution in [-0.4, -0.2) is 29.2 Å². The number of nitrogens with one attached hydrogen (secondary N) is 1. The van der Waals surface area contributed by atoms with Gasteiger partial charge in [-0.3, -0.25) is 19.3 Å². The van der Waals surface area contributed by atoms with Gasteiger partial charge >= 0.3 is 0 Å². The third-order valence-corrected chi connectivity index (χ3v) is 4.96. The molecule has 0 aliphatic carbocycles. The molecule has 1 aliphatic heterocycles. The molecule has 1 N–H and O–H groups in total. The van der Waals surface area contributed by atoms with Crippen molar-refractivity contribution in [2.75, 3.05) is 11.9 Å². The summed E-state index contributed by atoms with van der Waals surface area (Å²) in [6.45, 7) is 2.05. The van der Waals surface area contributed by atoms with Gasteiger partial charge in [0.2, 0.25) is 5.91 Å². The summed E-state index contributed by atoms with van der Waals surface area (Å²) in [5, 5.41) is 3.31. The summed E-state index contributed by atoms with van der Waals surface area (Å²) < 4.78 is 0. The predicted molar refractivity (Wildman–Crippen MR) is 101 cm³/mol. The molecular weight excluding hydrogens is 375 g/mol. The van der Waals surface area contributed by atoms with E-state index >= 15 is 0 Å². The van der Waals surface area contributed by atoms with Gasteiger partial charge in [0.1, 0.15) is 0 Å². The topological polar surface area (TPSA) is 66.5 Å². The Morgan fingerprint density at radius 3 is 2.58 bits per heavy atom. The van der Waals surface area contributed by atoms with Crippen molar-refractivity contribution in [3.63, 3.8) is 0 Å². The number of aryl methyl sites for hydroxylation is 1. The molecule has 3 amide bonds. The molecule has 0 spiro atoms. The minimum absolute atomic E-state index is 0.148. The summed E-state index contributed by atoms with van der Waals surface area (Å²) in [6, 6.07) is 10.1. The summed E-state index contributed by atoms with van der Waals surface area (Å²) in [5.41, 5.74) is 2.19. The van der Waals surface area contributed by atoms with Gasteiger partial charge in [0.25, 0.3) is 11.8 Å². The van der Waals surface area contributed by atoms with E-state index in [1.165, 1.54) is 4.90 Å². The molecule has 7 heteroatoms. The molecule has 0 atom stereocenters. The molecule has 0 fully saturated rings. The van der Waals surface area contributed by atoms with E-state index in [0.29, 0.717) is 28.3 Å². The molecule has 3 rings (SSSR count). The average molecular weight is 391 g/mol. The number of nitrogens with zero attached hydrogens (tertiary/aromatic N) is 1. The van der Waals surface area contributed by atoms with Gasteiger partial charge in [0.15, 0.2) is 0 Å². The van der Waals surface area contributed by atoms with Gasteiger partial charge in [-0.25, -0.2) is 0 Å². The van der Waals surface area contributed by atoms with Crippen molar-refractivity contribution in [2.45, 2.75) is 19.8 Å². The van der Waals surface area contributed by atoms with Crippen molar-refractivity contribution in [1.29, 1.82) is 0 Å². The zero-order chi connectivity index (χ0) is 18.8. The molecule has 134 valence electrons. The van der Waals surface area contributed by atoms with E-state index in [1.54, 1.807) is 36.4 Å². The van der Waals surface area contributed by atoms with Crippen molar-refractivity contribution in [1.82, 2.24) is 4.90 Å². The molecule has 5 nitrogen and oxygen atoms in total. The standard InChI is InChI=1S/C19H16Cl2N2O3/c1-11-7-8-12-13(10-11)19(26)23(18(12)25)9-3-6-16(24)22-15-5-2-4-14(20)17(15)21/h2,4-5,7-8,10H,3,6,9H2,1H3,(H,22,24). The van der Waals surface area contributed by atoms with E-state index in [2.05, 4.69) is 5.32 Å². The first-order valence-corrected chi connectivity index (χ1v) is 8.85. The second-order valence-electron chi connectivity index (χ2n) is 6.06. The number of anilines is 1. The fourth-order valence-electron chi connectivity index (χ4n) is 2.82. The zero-order valence-corrected chi connectivity index (χ0v) is 15.5. The quantitative estimate of drug-likeness (QED) is 0.773. The highest BCUT2D eigenvalue weighted by Gasteiger charge is 2.34. The lowest BCUT2D eigenvalue weighted by molar-refractivity contribution is -0.116. The number of imide groups is 1. The lowest BCUT2D eigenvalue weighted by Gasteiger charge is -2.13. The van der Waals surface area contributed by atoms with Gasteiger partial charge < -0.3 is 5.32 Å². The van der Waals surface area contributed by atoms with Crippen LogP contribution in [0.15, 0.2) is 36.4 Å². The van der Waals surface area contributed by atoms with Gasteiger partial charge in [-0.1, -0.05) is 40.9 Å². The van der Waals surface area contributed by atoms with E-state index in [4.69, 9.17) is 23.2 Å². The Morgan fingerprint density at radius 2 is 1.81 bits per heavy atom. The highest BCUT2D eigenvalue weighted by molar-refractivity contribution is 6.44. The third kappa shape index (κ3) is 3.59. The van der Waals surface area contributed by atoms with E-state index in [0.717, 1.165) is 5.56 Å². The minimum atomic E-state index is -0.316. The molecule has 0 aromatic heterocycles. The maximum Gasteiger partial charge on any atom is 0.261 e. The number of amides is 3. The molecule has 0 saturated carbocycles. The Labute approximate surface area is 160 Å². The maximum atomic E-state index is 12.4. The number of carbonyl (C=O) groups is 3. The first-order chi connectivity index (χ1) is 12.4. The van der Waals surface area contributed by atoms with Crippen molar-refractivity contribution >= 4 is 46.6 Å². The van der Waals surface area contributed by atoms with Crippen LogP contribution in [0.4, 0.5) is 5.69 Å². The normalized spacial score (nSPS) is 13.1. The van der Waals surface area contributed by atoms with Crippen LogP contribution in [0, 0.1) is 6.92 Å². The first-order valence-electron chi connectivity index (χ1n) is 8.09. The van der Waals surface area contributed by atoms with Crippen LogP contribution in [0.5, 0.6) is 0 Å². The van der Waals surface area contributed by atoms with Crippen LogP contribution in [0.3, 0.4) is 0 Å². The highest BCUT2D eigenvalue weighted by Crippen LogP contribution is 2.29. The second-order valence-corrected chi connectivity index (χ2v) is 6.85. The summed E-state index contributed by atoms with van der Waals surface area (Å²) in [5.74, 6) is -0.892. The lowest BCUT2D eigenvalue weighted by atomic mass is 10.1. The largest absolute Gasteiger partial charge is 0.325 e. The van der Waals surface area contributed by atoms with E-state index < -0.39 is 0 Å². The number of hydrogen-bond acceptors (Lipinski definition) is 3. The molecule has 2 aromatic rings. The fraction of sp³-hybridized carbons (Fsp3) is 0.211. The van der Waals surface area contributed by atoms with Crippen molar-refractivity contribution in [3.05, 3.63) is 63.1 Å². The second kappa shape index (κ2) is 7.48. The predicted octanol–water partition coefficient (Wildman–Crippen LogP) is 4.32. The molecule has 0 bridgehead atoms. The van der Waals surface area contributed by atoms with E-state index in [9.17, 15) is 14.4 Å². The Bertz CT molecular complexity index is 912. The van der Waals surface area contributed by atoms with E-state index in [1.807, 2.05) is 6.92 Å². The summed E-state index contributed by atoms with van der Waals surface area (Å²) in [6.07, 6.45) is 0.504. The van der Waals surface area contributed by atoms with Gasteiger partial charge in [-0.2, -0.15) is 0 Å². The Balaban J connectivity index is 1.57. The van der Waals surface area contributed by atoms with Crippen LogP contribution in [0.25, 0.3) is 0 Å². The summed E-state index contributed by atoms with van der Waals surface area (Å²) >= 11 is 11.9. The fourth-order valence-corrected chi connectivity index (χ4v) is 3.17. The van der Waals surface area contributed by atoms with Crippen molar-refractivity contribution < 1.29 is 14.4 Å². The molecule has 1 aliphatic rings. The molecule has 0 radical (unpaired) electrons. The van der Waals surface area contributed by atoms with Crippen molar-refractivity contribution in [2.24, 2.45) is 0 Å². The van der Waals surface area contributed by atoms with Crippen LogP contribution in [-0.2, 0) is 4.79 Å². The minimum Gasteiger partial charge on any atom is -0.325 e. The maximum absolute atomic E-state index is 12.4. The smallest absolute Gasteiger partial charge is 0.261 e. The van der Waals surface area contributed by atoms with Crippen LogP contribution >= 0.6 is 23.2 Å². The van der Waals surface area contributed by atoms with Crippen LogP contribution in [0.1, 0.15) is 39.1 Å². The molecular formula is C19H16Cl2N2O3. The number of carbonyl (C=O) groups excluding carboxylic acids is 3. The number of fused-ring (bicyclic) bond motifs is 1. The van der Waals surface area contributed by atoms with Gasteiger partial charge in [-0.05, 0) is 37.6 Å². The first kappa shape index (κ1) is 18.4. The zero-order valence-electron chi connectivity index (χ0n) is 14.0. The number of halogens is 2. The van der Waals surface area contributed by atoms with Gasteiger partial charge in [0, 0.05) is 13.0 Å². The molecule has 0 saturated heterocycles. The molecule has 26 heavy (non-hydrogen) atoms. The third-order valence-electron chi connectivity index (χ3n) is 4.14. The SMILES string of the molecule is Cc1ccc2c(c1)C(=O)N(CCCC(=O)Nc1cccc(Cl)c1Cl)C2=O. The van der Waals surface area contributed by atoms with Crippen LogP contribution < -0.4 is 5.32 Å². The summed E-state index contributed by atoms with van der Waals surface area (Å²) in [4.78, 5) is 38.0. The lowest BCUT2D eigenvalue weighted by Crippen LogP contribution is -2.31. The monoisotopic (exact) mass is 390 g/mol. The van der Waals surface area contributed by atoms with Gasteiger partial charge in [-0.15, -0.1) is 0 Å². The number of hydrogen-bond donors (Lipinski definition) is 1. The Kier molecular flexibility index (Phi) is 5.30. The van der Waals surface area contributed by atoms with E-state index in [-0.39, 0.29) is 35.7 Å². The molecule has 0 unspecified atom stereocenters. The number of rotatable bonds is 5. The number of benzene rings is 2.